The Balaban J connectivity index is 1.45. The Morgan fingerprint density at radius 2 is 2.08 bits per heavy atom. The van der Waals surface area contributed by atoms with Gasteiger partial charge in [-0.3, -0.25) is 4.79 Å². The molecule has 1 aliphatic rings. The molecule has 0 bridgehead atoms. The molecule has 0 saturated carbocycles. The summed E-state index contributed by atoms with van der Waals surface area (Å²) in [4.78, 5) is 23.0. The molecule has 1 saturated heterocycles. The van der Waals surface area contributed by atoms with Gasteiger partial charge in [-0.1, -0.05) is 17.7 Å². The van der Waals surface area contributed by atoms with Crippen molar-refractivity contribution in [2.75, 3.05) is 13.2 Å². The summed E-state index contributed by atoms with van der Waals surface area (Å²) >= 11 is 6.31. The third kappa shape index (κ3) is 5.24. The van der Waals surface area contributed by atoms with Gasteiger partial charge in [0.1, 0.15) is 21.3 Å². The van der Waals surface area contributed by atoms with E-state index in [0.29, 0.717) is 18.7 Å². The maximum Gasteiger partial charge on any atom is 0.252 e. The number of aromatic nitrogens is 3. The molecule has 0 spiro atoms. The first-order chi connectivity index (χ1) is 17.8. The van der Waals surface area contributed by atoms with E-state index in [9.17, 15) is 13.2 Å². The highest BCUT2D eigenvalue weighted by Crippen LogP contribution is 2.37. The lowest BCUT2D eigenvalue weighted by molar-refractivity contribution is 0.0896. The summed E-state index contributed by atoms with van der Waals surface area (Å²) in [5, 5.41) is 0.772. The van der Waals surface area contributed by atoms with Crippen LogP contribution in [0, 0.1) is 0 Å². The van der Waals surface area contributed by atoms with Crippen LogP contribution in [-0.4, -0.2) is 48.6 Å². The minimum Gasteiger partial charge on any atom is -0.477 e. The van der Waals surface area contributed by atoms with Gasteiger partial charge in [0.15, 0.2) is 5.75 Å². The molecule has 4 aromatic rings. The Morgan fingerprint density at radius 3 is 2.84 bits per heavy atom. The summed E-state index contributed by atoms with van der Waals surface area (Å²) in [6.45, 7) is 1.08. The lowest BCUT2D eigenvalue weighted by Crippen LogP contribution is -2.15. The fourth-order valence-corrected chi connectivity index (χ4v) is 5.72. The van der Waals surface area contributed by atoms with Gasteiger partial charge in [-0.05, 0) is 43.2 Å². The maximum absolute atomic E-state index is 13.6. The molecular formula is C25H23ClN4O6S. The summed E-state index contributed by atoms with van der Waals surface area (Å²) in [5.74, 6) is -0.733. The van der Waals surface area contributed by atoms with Crippen LogP contribution in [0.4, 0.5) is 0 Å². The van der Waals surface area contributed by atoms with Crippen molar-refractivity contribution in [2.24, 2.45) is 5.73 Å². The lowest BCUT2D eigenvalue weighted by Gasteiger charge is -2.15. The first-order valence-electron chi connectivity index (χ1n) is 11.5. The van der Waals surface area contributed by atoms with Gasteiger partial charge in [0, 0.05) is 24.6 Å². The van der Waals surface area contributed by atoms with Gasteiger partial charge < -0.3 is 24.9 Å². The Bertz CT molecular complexity index is 1570. The number of para-hydroxylation sites is 1. The normalized spacial score (nSPS) is 15.6. The molecule has 37 heavy (non-hydrogen) atoms. The van der Waals surface area contributed by atoms with Crippen LogP contribution in [0.25, 0.3) is 11.0 Å². The van der Waals surface area contributed by atoms with Gasteiger partial charge in [0.05, 0.1) is 35.6 Å². The van der Waals surface area contributed by atoms with E-state index in [4.69, 9.17) is 31.5 Å². The lowest BCUT2D eigenvalue weighted by atomic mass is 10.2. The van der Waals surface area contributed by atoms with Gasteiger partial charge in [-0.25, -0.2) is 18.4 Å². The monoisotopic (exact) mass is 542 g/mol. The molecule has 12 heteroatoms. The van der Waals surface area contributed by atoms with Gasteiger partial charge in [-0.15, -0.1) is 0 Å². The zero-order valence-electron chi connectivity index (χ0n) is 19.5. The molecule has 4 heterocycles. The number of carbonyl (C=O) groups is 1. The summed E-state index contributed by atoms with van der Waals surface area (Å²) in [5.41, 5.74) is 6.05. The van der Waals surface area contributed by atoms with Crippen LogP contribution < -0.4 is 15.2 Å². The average Bonchev–Trinajstić information content (AvgIpc) is 3.56. The van der Waals surface area contributed by atoms with Crippen molar-refractivity contribution in [1.82, 2.24) is 15.0 Å². The van der Waals surface area contributed by atoms with Crippen molar-refractivity contribution in [3.05, 3.63) is 65.6 Å². The summed E-state index contributed by atoms with van der Waals surface area (Å²) in [6.07, 6.45) is 7.10. The van der Waals surface area contributed by atoms with E-state index in [0.717, 1.165) is 31.0 Å². The smallest absolute Gasteiger partial charge is 0.252 e. The number of ether oxygens (including phenoxy) is 3. The number of primary amides is 1. The van der Waals surface area contributed by atoms with E-state index >= 15 is 0 Å². The number of hydrogen-bond acceptors (Lipinski definition) is 8. The fourth-order valence-electron chi connectivity index (χ4n) is 4.07. The number of halogens is 1. The topological polar surface area (TPSA) is 146 Å². The Hall–Kier alpha value is -3.67. The molecule has 1 aromatic carbocycles. The molecule has 10 nitrogen and oxygen atoms in total. The fraction of sp³-hybridized carbons (Fsp3) is 0.240. The van der Waals surface area contributed by atoms with E-state index in [1.807, 2.05) is 0 Å². The molecule has 0 aliphatic carbocycles. The van der Waals surface area contributed by atoms with Gasteiger partial charge >= 0.3 is 0 Å². The number of rotatable bonds is 9. The number of nitrogens with two attached hydrogens (primary N) is 1. The molecule has 1 atom stereocenters. The number of fused-ring (bicyclic) bond motifs is 1. The zero-order valence-corrected chi connectivity index (χ0v) is 21.1. The maximum atomic E-state index is 13.6. The van der Waals surface area contributed by atoms with Gasteiger partial charge in [-0.2, -0.15) is 0 Å². The molecule has 1 aliphatic heterocycles. The van der Waals surface area contributed by atoms with Crippen molar-refractivity contribution in [3.8, 4) is 17.4 Å². The molecule has 1 unspecified atom stereocenters. The number of hydrogen-bond donors (Lipinski definition) is 2. The Morgan fingerprint density at radius 1 is 1.22 bits per heavy atom. The highest BCUT2D eigenvalue weighted by atomic mass is 35.5. The van der Waals surface area contributed by atoms with Crippen LogP contribution in [0.1, 0.15) is 29.6 Å². The van der Waals surface area contributed by atoms with E-state index in [2.05, 4.69) is 15.0 Å². The molecular weight excluding hydrogens is 520 g/mol. The highest BCUT2D eigenvalue weighted by molar-refractivity contribution is 7.91. The number of nitrogens with zero attached hydrogens (tertiary/aromatic N) is 2. The summed E-state index contributed by atoms with van der Waals surface area (Å²) in [7, 11) is -4.23. The van der Waals surface area contributed by atoms with Crippen LogP contribution in [0.15, 0.2) is 64.8 Å². The number of aromatic amines is 1. The molecule has 192 valence electrons. The number of nitrogens with one attached hydrogen (secondary N) is 1. The minimum atomic E-state index is -4.23. The largest absolute Gasteiger partial charge is 0.477 e. The number of sulfone groups is 1. The quantitative estimate of drug-likeness (QED) is 0.318. The zero-order chi connectivity index (χ0) is 26.0. The van der Waals surface area contributed by atoms with Crippen LogP contribution in [-0.2, 0) is 14.6 Å². The number of benzene rings is 1. The minimum absolute atomic E-state index is 0.0315. The number of pyridine rings is 2. The molecule has 5 rings (SSSR count). The van der Waals surface area contributed by atoms with E-state index in [1.165, 1.54) is 30.5 Å². The third-order valence-electron chi connectivity index (χ3n) is 5.92. The first-order valence-corrected chi connectivity index (χ1v) is 13.4. The van der Waals surface area contributed by atoms with Crippen molar-refractivity contribution >= 4 is 38.4 Å². The number of amides is 1. The second-order valence-corrected chi connectivity index (χ2v) is 10.7. The van der Waals surface area contributed by atoms with Crippen molar-refractivity contribution in [3.63, 3.8) is 0 Å². The molecule has 1 fully saturated rings. The molecule has 0 radical (unpaired) electrons. The second-order valence-electron chi connectivity index (χ2n) is 8.42. The standard InChI is InChI=1S/C25H23ClN4O6S/c26-20-12-18(14-30-25(20)35-10-7-16-3-2-9-34-16)37(32,33)21-5-1-4-19(23(27)31)22(21)36-17-11-15-6-8-28-24(15)29-13-17/h1,4-6,8,11-14,16H,2-3,7,9-10H2,(H2,27,31)(H,28,29). The Kier molecular flexibility index (Phi) is 7.00. The van der Waals surface area contributed by atoms with E-state index < -0.39 is 15.7 Å². The Labute approximate surface area is 217 Å². The molecule has 3 N–H and O–H groups in total. The van der Waals surface area contributed by atoms with Crippen molar-refractivity contribution in [1.29, 1.82) is 0 Å². The number of carbonyl (C=O) groups excluding carboxylic acids is 1. The molecule has 1 amide bonds. The van der Waals surface area contributed by atoms with Crippen LogP contribution in [0.5, 0.6) is 17.4 Å². The SMILES string of the molecule is NC(=O)c1cccc(S(=O)(=O)c2cnc(OCCC3CCCO3)c(Cl)c2)c1Oc1cnc2[nH]ccc2c1. The average molecular weight is 543 g/mol. The second kappa shape index (κ2) is 10.4. The number of H-pyrrole nitrogens is 1. The third-order valence-corrected chi connectivity index (χ3v) is 7.94. The van der Waals surface area contributed by atoms with Crippen molar-refractivity contribution in [2.45, 2.75) is 35.2 Å². The molecule has 3 aromatic heterocycles. The summed E-state index contributed by atoms with van der Waals surface area (Å²) < 4.78 is 44.4. The van der Waals surface area contributed by atoms with Gasteiger partial charge in [0.2, 0.25) is 15.7 Å². The summed E-state index contributed by atoms with van der Waals surface area (Å²) in [6, 6.07) is 8.80. The van der Waals surface area contributed by atoms with Crippen LogP contribution >= 0.6 is 11.6 Å². The van der Waals surface area contributed by atoms with E-state index in [-0.39, 0.29) is 43.9 Å². The predicted octanol–water partition coefficient (Wildman–Crippen LogP) is 4.28. The van der Waals surface area contributed by atoms with E-state index in [1.54, 1.807) is 18.3 Å². The first kappa shape index (κ1) is 25.0. The predicted molar refractivity (Wildman–Crippen MR) is 135 cm³/mol. The highest BCUT2D eigenvalue weighted by Gasteiger charge is 2.28. The van der Waals surface area contributed by atoms with Crippen LogP contribution in [0.3, 0.4) is 0 Å². The van der Waals surface area contributed by atoms with Crippen molar-refractivity contribution < 1.29 is 27.4 Å². The van der Waals surface area contributed by atoms with Gasteiger partial charge in [0.25, 0.3) is 5.91 Å². The van der Waals surface area contributed by atoms with Crippen LogP contribution in [0.2, 0.25) is 5.02 Å².